The normalized spacial score (nSPS) is 10.4. The van der Waals surface area contributed by atoms with E-state index in [1.807, 2.05) is 18.8 Å². The summed E-state index contributed by atoms with van der Waals surface area (Å²) in [5.41, 5.74) is -1.25. The van der Waals surface area contributed by atoms with E-state index in [0.717, 1.165) is 17.1 Å². The predicted octanol–water partition coefficient (Wildman–Crippen LogP) is -0.758. The zero-order chi connectivity index (χ0) is 15.8. The fourth-order valence-electron chi connectivity index (χ4n) is 1.45. The highest BCUT2D eigenvalue weighted by atomic mass is 16.5. The van der Waals surface area contributed by atoms with Crippen LogP contribution in [0.5, 0.6) is 0 Å². The van der Waals surface area contributed by atoms with Crippen molar-refractivity contribution in [2.45, 2.75) is 26.8 Å². The molecule has 1 amide bonds. The molecular formula is C13H19N3O5. The summed E-state index contributed by atoms with van der Waals surface area (Å²) in [6.45, 7) is 3.83. The van der Waals surface area contributed by atoms with E-state index in [0.29, 0.717) is 12.5 Å². The first kappa shape index (κ1) is 16.7. The molecule has 0 aliphatic rings. The van der Waals surface area contributed by atoms with Gasteiger partial charge >= 0.3 is 11.7 Å². The molecule has 1 aromatic rings. The molecule has 0 radical (unpaired) electrons. The predicted molar refractivity (Wildman–Crippen MR) is 74.7 cm³/mol. The van der Waals surface area contributed by atoms with E-state index in [9.17, 15) is 19.2 Å². The molecular weight excluding hydrogens is 278 g/mol. The van der Waals surface area contributed by atoms with Gasteiger partial charge in [0.05, 0.1) is 0 Å². The van der Waals surface area contributed by atoms with Crippen LogP contribution in [-0.2, 0) is 20.9 Å². The van der Waals surface area contributed by atoms with Crippen LogP contribution in [0.2, 0.25) is 0 Å². The van der Waals surface area contributed by atoms with Crippen molar-refractivity contribution in [2.75, 3.05) is 13.2 Å². The Morgan fingerprint density at radius 1 is 1.38 bits per heavy atom. The second-order valence-corrected chi connectivity index (χ2v) is 4.93. The van der Waals surface area contributed by atoms with Crippen molar-refractivity contribution in [1.82, 2.24) is 14.9 Å². The van der Waals surface area contributed by atoms with Gasteiger partial charge in [-0.3, -0.25) is 23.9 Å². The number of carbonyl (C=O) groups excluding carboxylic acids is 2. The number of rotatable bonds is 7. The van der Waals surface area contributed by atoms with Gasteiger partial charge in [-0.1, -0.05) is 13.8 Å². The number of carbonyl (C=O) groups is 2. The van der Waals surface area contributed by atoms with Crippen molar-refractivity contribution >= 4 is 11.9 Å². The number of nitrogens with one attached hydrogen (secondary N) is 2. The van der Waals surface area contributed by atoms with Crippen molar-refractivity contribution in [3.05, 3.63) is 33.1 Å². The fraction of sp³-hybridized carbons (Fsp3) is 0.538. The summed E-state index contributed by atoms with van der Waals surface area (Å²) in [6, 6.07) is 1.12. The highest BCUT2D eigenvalue weighted by molar-refractivity contribution is 5.80. The lowest BCUT2D eigenvalue weighted by molar-refractivity contribution is -0.149. The molecule has 0 saturated carbocycles. The topological polar surface area (TPSA) is 110 Å². The first-order chi connectivity index (χ1) is 9.88. The summed E-state index contributed by atoms with van der Waals surface area (Å²) in [6.07, 6.45) is 2.03. The molecule has 0 aliphatic heterocycles. The Hall–Kier alpha value is -2.38. The van der Waals surface area contributed by atoms with Gasteiger partial charge in [0.25, 0.3) is 11.5 Å². The van der Waals surface area contributed by atoms with Gasteiger partial charge in [0, 0.05) is 18.8 Å². The van der Waals surface area contributed by atoms with Crippen LogP contribution in [0, 0.1) is 5.92 Å². The van der Waals surface area contributed by atoms with E-state index in [1.165, 1.54) is 6.20 Å². The molecule has 0 spiro atoms. The molecule has 2 N–H and O–H groups in total. The maximum atomic E-state index is 11.5. The van der Waals surface area contributed by atoms with Crippen molar-refractivity contribution in [2.24, 2.45) is 5.92 Å². The summed E-state index contributed by atoms with van der Waals surface area (Å²) in [7, 11) is 0. The van der Waals surface area contributed by atoms with Gasteiger partial charge < -0.3 is 10.1 Å². The van der Waals surface area contributed by atoms with E-state index >= 15 is 0 Å². The van der Waals surface area contributed by atoms with Gasteiger partial charge in [-0.25, -0.2) is 4.79 Å². The second-order valence-electron chi connectivity index (χ2n) is 4.93. The molecule has 0 aliphatic carbocycles. The van der Waals surface area contributed by atoms with Gasteiger partial charge in [-0.2, -0.15) is 0 Å². The van der Waals surface area contributed by atoms with Crippen LogP contribution in [0.25, 0.3) is 0 Å². The van der Waals surface area contributed by atoms with E-state index < -0.39 is 29.7 Å². The van der Waals surface area contributed by atoms with Crippen LogP contribution in [0.3, 0.4) is 0 Å². The Morgan fingerprint density at radius 3 is 2.71 bits per heavy atom. The molecule has 0 atom stereocenters. The van der Waals surface area contributed by atoms with Crippen molar-refractivity contribution < 1.29 is 14.3 Å². The van der Waals surface area contributed by atoms with Gasteiger partial charge in [0.2, 0.25) is 0 Å². The highest BCUT2D eigenvalue weighted by Gasteiger charge is 2.09. The number of H-pyrrole nitrogens is 1. The molecule has 0 fully saturated rings. The summed E-state index contributed by atoms with van der Waals surface area (Å²) < 4.78 is 5.73. The maximum absolute atomic E-state index is 11.5. The molecule has 0 bridgehead atoms. The molecule has 0 unspecified atom stereocenters. The molecule has 8 heteroatoms. The lowest BCUT2D eigenvalue weighted by Crippen LogP contribution is -2.33. The minimum atomic E-state index is -0.733. The monoisotopic (exact) mass is 297 g/mol. The molecule has 1 aromatic heterocycles. The third-order valence-corrected chi connectivity index (χ3v) is 2.60. The Kier molecular flexibility index (Phi) is 6.38. The Morgan fingerprint density at radius 2 is 2.10 bits per heavy atom. The highest BCUT2D eigenvalue weighted by Crippen LogP contribution is 1.96. The number of nitrogens with zero attached hydrogens (tertiary/aromatic N) is 1. The molecule has 21 heavy (non-hydrogen) atoms. The van der Waals surface area contributed by atoms with Crippen LogP contribution < -0.4 is 16.6 Å². The molecule has 0 aromatic carbocycles. The standard InChI is InChI=1S/C13H19N3O5/c1-9(2)3-5-14-11(18)8-21-12(19)7-16-6-4-10(17)15-13(16)20/h4,6,9H,3,5,7-8H2,1-2H3,(H,14,18)(H,15,17,20). The van der Waals surface area contributed by atoms with Gasteiger partial charge in [-0.05, 0) is 12.3 Å². The third kappa shape index (κ3) is 6.55. The number of amides is 1. The average molecular weight is 297 g/mol. The van der Waals surface area contributed by atoms with Crippen LogP contribution in [0.4, 0.5) is 0 Å². The lowest BCUT2D eigenvalue weighted by Gasteiger charge is -2.08. The van der Waals surface area contributed by atoms with Crippen LogP contribution in [-0.4, -0.2) is 34.6 Å². The zero-order valence-corrected chi connectivity index (χ0v) is 12.0. The Labute approximate surface area is 121 Å². The molecule has 8 nitrogen and oxygen atoms in total. The number of aromatic nitrogens is 2. The van der Waals surface area contributed by atoms with E-state index in [2.05, 4.69) is 5.32 Å². The Balaban J connectivity index is 2.35. The zero-order valence-electron chi connectivity index (χ0n) is 12.0. The number of aromatic amines is 1. The quantitative estimate of drug-likeness (QED) is 0.643. The maximum Gasteiger partial charge on any atom is 0.328 e. The fourth-order valence-corrected chi connectivity index (χ4v) is 1.45. The third-order valence-electron chi connectivity index (χ3n) is 2.60. The summed E-state index contributed by atoms with van der Waals surface area (Å²) in [4.78, 5) is 47.1. The minimum absolute atomic E-state index is 0.366. The van der Waals surface area contributed by atoms with E-state index in [-0.39, 0.29) is 6.54 Å². The van der Waals surface area contributed by atoms with Crippen molar-refractivity contribution in [3.8, 4) is 0 Å². The van der Waals surface area contributed by atoms with Crippen LogP contribution >= 0.6 is 0 Å². The number of hydrogen-bond acceptors (Lipinski definition) is 5. The van der Waals surface area contributed by atoms with Crippen molar-refractivity contribution in [1.29, 1.82) is 0 Å². The average Bonchev–Trinajstić information content (AvgIpc) is 2.39. The summed E-state index contributed by atoms with van der Waals surface area (Å²) >= 11 is 0. The minimum Gasteiger partial charge on any atom is -0.454 e. The summed E-state index contributed by atoms with van der Waals surface area (Å²) in [5.74, 6) is -0.652. The van der Waals surface area contributed by atoms with Crippen LogP contribution in [0.15, 0.2) is 21.9 Å². The Bertz CT molecular complexity index is 602. The molecule has 0 saturated heterocycles. The van der Waals surface area contributed by atoms with E-state index in [4.69, 9.17) is 4.74 Å². The molecule has 116 valence electrons. The van der Waals surface area contributed by atoms with Gasteiger partial charge in [-0.15, -0.1) is 0 Å². The molecule has 1 heterocycles. The first-order valence-electron chi connectivity index (χ1n) is 6.60. The number of esters is 1. The second kappa shape index (κ2) is 8.03. The first-order valence-corrected chi connectivity index (χ1v) is 6.60. The molecule has 1 rings (SSSR count). The number of hydrogen-bond donors (Lipinski definition) is 2. The smallest absolute Gasteiger partial charge is 0.328 e. The van der Waals surface area contributed by atoms with Gasteiger partial charge in [0.15, 0.2) is 6.61 Å². The SMILES string of the molecule is CC(C)CCNC(=O)COC(=O)Cn1ccc(=O)[nH]c1=O. The number of ether oxygens (including phenoxy) is 1. The van der Waals surface area contributed by atoms with Crippen molar-refractivity contribution in [3.63, 3.8) is 0 Å². The van der Waals surface area contributed by atoms with Crippen LogP contribution in [0.1, 0.15) is 20.3 Å². The van der Waals surface area contributed by atoms with Gasteiger partial charge in [0.1, 0.15) is 6.54 Å². The summed E-state index contributed by atoms with van der Waals surface area (Å²) in [5, 5.41) is 2.62. The lowest BCUT2D eigenvalue weighted by atomic mass is 10.1. The van der Waals surface area contributed by atoms with E-state index in [1.54, 1.807) is 0 Å². The largest absolute Gasteiger partial charge is 0.454 e.